The highest BCUT2D eigenvalue weighted by Gasteiger charge is 2.21. The molecule has 1 amide bonds. The van der Waals surface area contributed by atoms with Gasteiger partial charge in [-0.2, -0.15) is 9.97 Å². The Bertz CT molecular complexity index is 2950. The first-order valence-electron chi connectivity index (χ1n) is 18.8. The number of nitrogens with zero attached hydrogens (tertiary/aromatic N) is 5. The van der Waals surface area contributed by atoms with E-state index in [1.54, 1.807) is 11.2 Å². The molecule has 9 rings (SSSR count). The first-order valence-corrected chi connectivity index (χ1v) is 21.2. The molecule has 4 aromatic heterocycles. The van der Waals surface area contributed by atoms with Gasteiger partial charge in [0.15, 0.2) is 0 Å². The van der Waals surface area contributed by atoms with Crippen LogP contribution in [0.15, 0.2) is 119 Å². The number of likely N-dealkylation sites (tertiary alicyclic amines) is 1. The van der Waals surface area contributed by atoms with Gasteiger partial charge in [0, 0.05) is 46.5 Å². The number of thiophene rings is 2. The Balaban J connectivity index is 1.06. The molecule has 0 bridgehead atoms. The minimum atomic E-state index is -0.336. The molecule has 0 radical (unpaired) electrons. The molecule has 0 unspecified atom stereocenters. The quantitative estimate of drug-likeness (QED) is 0.143. The number of hydrogen-bond acceptors (Lipinski definition) is 8. The lowest BCUT2D eigenvalue weighted by Gasteiger charge is -2.16. The van der Waals surface area contributed by atoms with Crippen molar-refractivity contribution in [3.63, 3.8) is 0 Å². The molecule has 1 aliphatic heterocycles. The van der Waals surface area contributed by atoms with E-state index in [0.717, 1.165) is 80.1 Å². The lowest BCUT2D eigenvalue weighted by Crippen LogP contribution is -2.28. The van der Waals surface area contributed by atoms with Crippen LogP contribution in [0, 0.1) is 6.92 Å². The van der Waals surface area contributed by atoms with Crippen LogP contribution in [0.1, 0.15) is 35.1 Å². The zero-order valence-corrected chi connectivity index (χ0v) is 34.4. The summed E-state index contributed by atoms with van der Waals surface area (Å²) in [5.74, 6) is 0.456. The number of hydrogen-bond donors (Lipinski definition) is 0. The number of aryl methyl sites for hydroxylation is 1. The Hall–Kier alpha value is -5.59. The second kappa shape index (κ2) is 16.0. The van der Waals surface area contributed by atoms with E-state index in [0.29, 0.717) is 43.9 Å². The van der Waals surface area contributed by atoms with Crippen LogP contribution < -0.4 is 11.1 Å². The molecule has 0 saturated carbocycles. The summed E-state index contributed by atoms with van der Waals surface area (Å²) < 4.78 is 10.7. The molecule has 0 N–H and O–H groups in total. The van der Waals surface area contributed by atoms with E-state index in [9.17, 15) is 14.4 Å². The highest BCUT2D eigenvalue weighted by atomic mass is 35.5. The number of carbonyl (C=O) groups is 1. The van der Waals surface area contributed by atoms with E-state index >= 15 is 0 Å². The third-order valence-electron chi connectivity index (χ3n) is 10.4. The van der Waals surface area contributed by atoms with E-state index in [4.69, 9.17) is 27.9 Å². The maximum absolute atomic E-state index is 13.8. The van der Waals surface area contributed by atoms with Crippen molar-refractivity contribution in [1.82, 2.24) is 24.0 Å². The monoisotopic (exact) mass is 843 g/mol. The average Bonchev–Trinajstić information content (AvgIpc) is 4.03. The molecule has 290 valence electrons. The summed E-state index contributed by atoms with van der Waals surface area (Å²) in [6.07, 6.45) is 3.31. The lowest BCUT2D eigenvalue weighted by molar-refractivity contribution is 0.104. The van der Waals surface area contributed by atoms with Gasteiger partial charge in [-0.1, -0.05) is 95.5 Å². The maximum Gasteiger partial charge on any atom is 0.410 e. The number of ether oxygens (including phenoxy) is 1. The van der Waals surface area contributed by atoms with Crippen molar-refractivity contribution in [2.75, 3.05) is 13.1 Å². The zero-order chi connectivity index (χ0) is 39.9. The second-order valence-corrected chi connectivity index (χ2v) is 17.4. The summed E-state index contributed by atoms with van der Waals surface area (Å²) in [5, 5.41) is 1.08. The minimum Gasteiger partial charge on any atom is -0.445 e. The third kappa shape index (κ3) is 7.70. The predicted octanol–water partition coefficient (Wildman–Crippen LogP) is 10.7. The Labute approximate surface area is 351 Å². The molecule has 0 aliphatic carbocycles. The number of carbonyl (C=O) groups excluding carboxylic acids is 1. The van der Waals surface area contributed by atoms with Crippen molar-refractivity contribution in [3.8, 4) is 32.3 Å². The van der Waals surface area contributed by atoms with Crippen LogP contribution in [-0.4, -0.2) is 43.2 Å². The predicted molar refractivity (Wildman–Crippen MR) is 234 cm³/mol. The molecule has 1 saturated heterocycles. The normalized spacial score (nSPS) is 12.8. The number of aromatic nitrogens is 4. The van der Waals surface area contributed by atoms with Crippen molar-refractivity contribution in [2.24, 2.45) is 0 Å². The average molecular weight is 845 g/mol. The number of halogens is 2. The number of fused-ring (bicyclic) bond motifs is 2. The van der Waals surface area contributed by atoms with Gasteiger partial charge in [0.05, 0.1) is 22.4 Å². The number of rotatable bonds is 9. The summed E-state index contributed by atoms with van der Waals surface area (Å²) in [5.41, 5.74) is 7.39. The highest BCUT2D eigenvalue weighted by Crippen LogP contribution is 2.39. The van der Waals surface area contributed by atoms with E-state index < -0.39 is 0 Å². The molecule has 58 heavy (non-hydrogen) atoms. The van der Waals surface area contributed by atoms with Crippen LogP contribution in [0.5, 0.6) is 0 Å². The highest BCUT2D eigenvalue weighted by molar-refractivity contribution is 7.22. The summed E-state index contributed by atoms with van der Waals surface area (Å²) in [4.78, 5) is 51.5. The van der Waals surface area contributed by atoms with E-state index in [1.165, 1.54) is 22.7 Å². The van der Waals surface area contributed by atoms with Gasteiger partial charge in [-0.3, -0.25) is 9.59 Å². The molecule has 9 nitrogen and oxygen atoms in total. The topological polar surface area (TPSA) is 99.3 Å². The fraction of sp³-hybridized carbons (Fsp3) is 0.178. The minimum absolute atomic E-state index is 0.195. The Morgan fingerprint density at radius 1 is 0.724 bits per heavy atom. The fourth-order valence-electron chi connectivity index (χ4n) is 7.24. The van der Waals surface area contributed by atoms with Crippen molar-refractivity contribution in [1.29, 1.82) is 0 Å². The van der Waals surface area contributed by atoms with Crippen molar-refractivity contribution >= 4 is 72.4 Å². The van der Waals surface area contributed by atoms with E-state index in [-0.39, 0.29) is 23.8 Å². The molecule has 1 aliphatic rings. The van der Waals surface area contributed by atoms with Crippen LogP contribution in [0.25, 0.3) is 52.7 Å². The van der Waals surface area contributed by atoms with Crippen molar-refractivity contribution in [2.45, 2.75) is 39.5 Å². The Morgan fingerprint density at radius 3 is 2.07 bits per heavy atom. The van der Waals surface area contributed by atoms with Gasteiger partial charge in [0.2, 0.25) is 0 Å². The standard InChI is InChI=1S/C45H35Cl2N5O4S2/c1-27-4-6-29(7-5-27)24-52-37-22-38(31-12-8-30(9-13-31)25-56-45(55)50-18-2-3-19-50)57-41(37)44(54)49-42(52)34-17-14-32(20-35(34)47)39-21-36-40(58-39)43(53)48-26-51(36)23-28-10-15-33(46)16-11-28/h4-17,20-22,26H,2-3,18-19,23-25H2,1H3. The van der Waals surface area contributed by atoms with Gasteiger partial charge >= 0.3 is 6.09 Å². The molecular formula is C45H35Cl2N5O4S2. The molecule has 13 heteroatoms. The van der Waals surface area contributed by atoms with E-state index in [2.05, 4.69) is 38.8 Å². The molecule has 4 aromatic carbocycles. The first-order chi connectivity index (χ1) is 28.2. The largest absolute Gasteiger partial charge is 0.445 e. The smallest absolute Gasteiger partial charge is 0.410 e. The van der Waals surface area contributed by atoms with Crippen LogP contribution >= 0.6 is 45.9 Å². The molecular weight excluding hydrogens is 810 g/mol. The van der Waals surface area contributed by atoms with Gasteiger partial charge in [-0.05, 0) is 84.0 Å². The SMILES string of the molecule is Cc1ccc(Cn2c(-c3ccc(-c4cc5c(s4)c(=O)ncn5Cc4ccc(Cl)cc4)cc3Cl)nc(=O)c3sc(-c4ccc(COC(=O)N5CCCC5)cc4)cc32)cc1. The van der Waals surface area contributed by atoms with E-state index in [1.807, 2.05) is 90.4 Å². The summed E-state index contributed by atoms with van der Waals surface area (Å²) >= 11 is 16.0. The third-order valence-corrected chi connectivity index (χ3v) is 13.3. The maximum atomic E-state index is 13.8. The van der Waals surface area contributed by atoms with Crippen LogP contribution in [0.2, 0.25) is 10.0 Å². The van der Waals surface area contributed by atoms with Crippen LogP contribution in [0.3, 0.4) is 0 Å². The summed E-state index contributed by atoms with van der Waals surface area (Å²) in [7, 11) is 0. The molecule has 5 heterocycles. The molecule has 0 atom stereocenters. The van der Waals surface area contributed by atoms with Crippen LogP contribution in [0.4, 0.5) is 4.79 Å². The van der Waals surface area contributed by atoms with Crippen molar-refractivity contribution < 1.29 is 9.53 Å². The van der Waals surface area contributed by atoms with Crippen molar-refractivity contribution in [3.05, 3.63) is 162 Å². The van der Waals surface area contributed by atoms with Gasteiger partial charge in [-0.15, -0.1) is 22.7 Å². The second-order valence-electron chi connectivity index (χ2n) is 14.4. The number of amides is 1. The molecule has 0 spiro atoms. The first kappa shape index (κ1) is 38.0. The van der Waals surface area contributed by atoms with Gasteiger partial charge < -0.3 is 18.8 Å². The van der Waals surface area contributed by atoms with Crippen LogP contribution in [-0.2, 0) is 24.4 Å². The number of benzene rings is 4. The lowest BCUT2D eigenvalue weighted by atomic mass is 10.1. The van der Waals surface area contributed by atoms with Gasteiger partial charge in [0.25, 0.3) is 11.1 Å². The molecule has 1 fully saturated rings. The Kier molecular flexibility index (Phi) is 10.5. The summed E-state index contributed by atoms with van der Waals surface area (Å²) in [6.45, 7) is 4.71. The zero-order valence-electron chi connectivity index (χ0n) is 31.3. The Morgan fingerprint density at radius 2 is 1.34 bits per heavy atom. The molecule has 8 aromatic rings. The summed E-state index contributed by atoms with van der Waals surface area (Å²) in [6, 6.07) is 33.5. The van der Waals surface area contributed by atoms with Gasteiger partial charge in [0.1, 0.15) is 21.8 Å². The van der Waals surface area contributed by atoms with Gasteiger partial charge in [-0.25, -0.2) is 4.79 Å². The fourth-order valence-corrected chi connectivity index (χ4v) is 9.74.